The summed E-state index contributed by atoms with van der Waals surface area (Å²) in [6.07, 6.45) is 1.94. The van der Waals surface area contributed by atoms with Crippen molar-refractivity contribution in [1.82, 2.24) is 4.98 Å². The molecule has 5 heteroatoms. The molecule has 0 aliphatic carbocycles. The lowest BCUT2D eigenvalue weighted by Crippen LogP contribution is -2.40. The third-order valence-electron chi connectivity index (χ3n) is 5.46. The topological polar surface area (TPSA) is 45.2 Å². The van der Waals surface area contributed by atoms with E-state index in [0.29, 0.717) is 0 Å². The molecule has 1 atom stereocenters. The van der Waals surface area contributed by atoms with Crippen molar-refractivity contribution < 1.29 is 4.79 Å². The molecular formula is C22H25N3OS. The average Bonchev–Trinajstić information content (AvgIpc) is 3.09. The Hall–Kier alpha value is -2.40. The molecule has 3 aromatic rings. The average molecular weight is 380 g/mol. The highest BCUT2D eigenvalue weighted by atomic mass is 32.1. The fourth-order valence-electron chi connectivity index (χ4n) is 3.64. The molecule has 1 saturated heterocycles. The molecule has 0 radical (unpaired) electrons. The Kier molecular flexibility index (Phi) is 4.87. The van der Waals surface area contributed by atoms with E-state index in [9.17, 15) is 4.79 Å². The minimum absolute atomic E-state index is 0.00703. The van der Waals surface area contributed by atoms with Gasteiger partial charge < -0.3 is 10.2 Å². The fourth-order valence-corrected chi connectivity index (χ4v) is 4.74. The number of amides is 1. The number of aromatic nitrogens is 1. The number of hydrogen-bond donors (Lipinski definition) is 1. The van der Waals surface area contributed by atoms with Crippen LogP contribution in [0.3, 0.4) is 0 Å². The number of nitrogens with zero attached hydrogens (tertiary/aromatic N) is 2. The highest BCUT2D eigenvalue weighted by molar-refractivity contribution is 7.22. The first-order valence-electron chi connectivity index (χ1n) is 9.50. The van der Waals surface area contributed by atoms with Crippen molar-refractivity contribution in [3.8, 4) is 0 Å². The van der Waals surface area contributed by atoms with Crippen molar-refractivity contribution in [3.05, 3.63) is 53.1 Å². The SMILES string of the molecule is Cc1ccc2nc(N3CCCC(C(=O)Nc4cccc(C)c4C)C3)sc2c1. The first-order valence-corrected chi connectivity index (χ1v) is 10.3. The number of piperidine rings is 1. The van der Waals surface area contributed by atoms with Gasteiger partial charge in [-0.2, -0.15) is 0 Å². The zero-order valence-corrected chi connectivity index (χ0v) is 16.9. The number of aryl methyl sites for hydroxylation is 2. The highest BCUT2D eigenvalue weighted by Crippen LogP contribution is 2.32. The largest absolute Gasteiger partial charge is 0.347 e. The summed E-state index contributed by atoms with van der Waals surface area (Å²) in [5.41, 5.74) is 5.56. The molecule has 1 amide bonds. The zero-order chi connectivity index (χ0) is 19.0. The lowest BCUT2D eigenvalue weighted by Gasteiger charge is -2.31. The first-order chi connectivity index (χ1) is 13.0. The van der Waals surface area contributed by atoms with Crippen LogP contribution in [0.5, 0.6) is 0 Å². The Morgan fingerprint density at radius 2 is 2.07 bits per heavy atom. The third kappa shape index (κ3) is 3.69. The Morgan fingerprint density at radius 3 is 2.93 bits per heavy atom. The van der Waals surface area contributed by atoms with Gasteiger partial charge in [0, 0.05) is 18.8 Å². The Labute approximate surface area is 164 Å². The van der Waals surface area contributed by atoms with E-state index in [1.165, 1.54) is 15.8 Å². The van der Waals surface area contributed by atoms with Crippen LogP contribution in [-0.2, 0) is 4.79 Å². The van der Waals surface area contributed by atoms with E-state index in [4.69, 9.17) is 4.98 Å². The Morgan fingerprint density at radius 1 is 1.22 bits per heavy atom. The van der Waals surface area contributed by atoms with Gasteiger partial charge in [0.05, 0.1) is 16.1 Å². The molecule has 1 N–H and O–H groups in total. The van der Waals surface area contributed by atoms with Crippen LogP contribution in [0.1, 0.15) is 29.5 Å². The second-order valence-corrected chi connectivity index (χ2v) is 8.50. The number of anilines is 2. The van der Waals surface area contributed by atoms with E-state index in [0.717, 1.165) is 47.8 Å². The van der Waals surface area contributed by atoms with Gasteiger partial charge in [-0.3, -0.25) is 4.79 Å². The predicted molar refractivity (Wildman–Crippen MR) is 114 cm³/mol. The number of thiazole rings is 1. The van der Waals surface area contributed by atoms with E-state index in [-0.39, 0.29) is 11.8 Å². The standard InChI is InChI=1S/C22H25N3OS/c1-14-9-10-19-20(12-14)27-22(24-19)25-11-5-7-17(13-25)21(26)23-18-8-4-6-15(2)16(18)3/h4,6,8-10,12,17H,5,7,11,13H2,1-3H3,(H,23,26). The van der Waals surface area contributed by atoms with Crippen LogP contribution < -0.4 is 10.2 Å². The van der Waals surface area contributed by atoms with Gasteiger partial charge in [-0.15, -0.1) is 0 Å². The van der Waals surface area contributed by atoms with Gasteiger partial charge in [0.2, 0.25) is 5.91 Å². The molecule has 1 aliphatic heterocycles. The summed E-state index contributed by atoms with van der Waals surface area (Å²) >= 11 is 1.72. The van der Waals surface area contributed by atoms with E-state index < -0.39 is 0 Å². The summed E-state index contributed by atoms with van der Waals surface area (Å²) in [5.74, 6) is 0.109. The normalized spacial score (nSPS) is 17.3. The number of benzene rings is 2. The summed E-state index contributed by atoms with van der Waals surface area (Å²) in [5, 5.41) is 4.17. The molecule has 0 bridgehead atoms. The monoisotopic (exact) mass is 379 g/mol. The molecular weight excluding hydrogens is 354 g/mol. The van der Waals surface area contributed by atoms with Gasteiger partial charge in [-0.1, -0.05) is 29.5 Å². The molecule has 2 aromatic carbocycles. The van der Waals surface area contributed by atoms with Gasteiger partial charge in [0.1, 0.15) is 0 Å². The van der Waals surface area contributed by atoms with Crippen molar-refractivity contribution in [2.45, 2.75) is 33.6 Å². The fraction of sp³-hybridized carbons (Fsp3) is 0.364. The van der Waals surface area contributed by atoms with Crippen molar-refractivity contribution >= 4 is 38.3 Å². The number of fused-ring (bicyclic) bond motifs is 1. The molecule has 0 saturated carbocycles. The number of carbonyl (C=O) groups excluding carboxylic acids is 1. The summed E-state index contributed by atoms with van der Waals surface area (Å²) in [6, 6.07) is 12.4. The summed E-state index contributed by atoms with van der Waals surface area (Å²) < 4.78 is 1.21. The third-order valence-corrected chi connectivity index (χ3v) is 6.54. The van der Waals surface area contributed by atoms with Crippen molar-refractivity contribution in [2.75, 3.05) is 23.3 Å². The molecule has 4 rings (SSSR count). The van der Waals surface area contributed by atoms with Crippen LogP contribution in [0.15, 0.2) is 36.4 Å². The van der Waals surface area contributed by atoms with Crippen LogP contribution in [0.2, 0.25) is 0 Å². The lowest BCUT2D eigenvalue weighted by molar-refractivity contribution is -0.120. The van der Waals surface area contributed by atoms with Crippen LogP contribution in [-0.4, -0.2) is 24.0 Å². The lowest BCUT2D eigenvalue weighted by atomic mass is 9.97. The molecule has 1 aliphatic rings. The minimum Gasteiger partial charge on any atom is -0.347 e. The van der Waals surface area contributed by atoms with Crippen LogP contribution >= 0.6 is 11.3 Å². The van der Waals surface area contributed by atoms with E-state index in [1.807, 2.05) is 12.1 Å². The molecule has 2 heterocycles. The summed E-state index contributed by atoms with van der Waals surface area (Å²) in [7, 11) is 0. The van der Waals surface area contributed by atoms with Crippen LogP contribution in [0, 0.1) is 26.7 Å². The molecule has 1 aromatic heterocycles. The molecule has 140 valence electrons. The molecule has 1 unspecified atom stereocenters. The van der Waals surface area contributed by atoms with Crippen molar-refractivity contribution in [3.63, 3.8) is 0 Å². The first kappa shape index (κ1) is 18.0. The quantitative estimate of drug-likeness (QED) is 0.690. The second kappa shape index (κ2) is 7.31. The van der Waals surface area contributed by atoms with Crippen molar-refractivity contribution in [1.29, 1.82) is 0 Å². The number of rotatable bonds is 3. The maximum absolute atomic E-state index is 12.9. The van der Waals surface area contributed by atoms with E-state index in [1.54, 1.807) is 11.3 Å². The van der Waals surface area contributed by atoms with Gasteiger partial charge >= 0.3 is 0 Å². The number of nitrogens with one attached hydrogen (secondary N) is 1. The maximum atomic E-state index is 12.9. The Bertz CT molecular complexity index is 994. The van der Waals surface area contributed by atoms with Gasteiger partial charge in [0.25, 0.3) is 0 Å². The molecule has 4 nitrogen and oxygen atoms in total. The zero-order valence-electron chi connectivity index (χ0n) is 16.1. The second-order valence-electron chi connectivity index (χ2n) is 7.49. The van der Waals surface area contributed by atoms with E-state index in [2.05, 4.69) is 55.3 Å². The highest BCUT2D eigenvalue weighted by Gasteiger charge is 2.27. The predicted octanol–water partition coefficient (Wildman–Crippen LogP) is 5.08. The molecule has 27 heavy (non-hydrogen) atoms. The summed E-state index contributed by atoms with van der Waals surface area (Å²) in [6.45, 7) is 7.93. The maximum Gasteiger partial charge on any atom is 0.229 e. The number of carbonyl (C=O) groups is 1. The summed E-state index contributed by atoms with van der Waals surface area (Å²) in [4.78, 5) is 19.9. The van der Waals surface area contributed by atoms with Gasteiger partial charge in [-0.05, 0) is 68.5 Å². The van der Waals surface area contributed by atoms with Crippen molar-refractivity contribution in [2.24, 2.45) is 5.92 Å². The molecule has 1 fully saturated rings. The smallest absolute Gasteiger partial charge is 0.229 e. The van der Waals surface area contributed by atoms with Gasteiger partial charge in [-0.25, -0.2) is 4.98 Å². The Balaban J connectivity index is 1.50. The van der Waals surface area contributed by atoms with E-state index >= 15 is 0 Å². The van der Waals surface area contributed by atoms with Crippen LogP contribution in [0.4, 0.5) is 10.8 Å². The van der Waals surface area contributed by atoms with Gasteiger partial charge in [0.15, 0.2) is 5.13 Å². The number of hydrogen-bond acceptors (Lipinski definition) is 4. The minimum atomic E-state index is -0.00703. The molecule has 0 spiro atoms. The van der Waals surface area contributed by atoms with Crippen LogP contribution in [0.25, 0.3) is 10.2 Å².